The fraction of sp³-hybridized carbons (Fsp3) is 0.286. The smallest absolute Gasteiger partial charge is 0.352 e. The number of alkyl halides is 3. The van der Waals surface area contributed by atoms with Gasteiger partial charge in [0.15, 0.2) is 0 Å². The first-order valence-electron chi connectivity index (χ1n) is 12.8. The Morgan fingerprint density at radius 3 is 2.37 bits per heavy atom. The van der Waals surface area contributed by atoms with E-state index in [-0.39, 0.29) is 22.7 Å². The van der Waals surface area contributed by atoms with Gasteiger partial charge in [0, 0.05) is 71.2 Å². The molecule has 2 aliphatic rings. The molecular formula is C28H25ClF3N5O2S2. The van der Waals surface area contributed by atoms with Gasteiger partial charge in [-0.1, -0.05) is 24.2 Å². The molecule has 4 aromatic rings. The summed E-state index contributed by atoms with van der Waals surface area (Å²) in [6.45, 7) is 5.28. The second-order valence-electron chi connectivity index (χ2n) is 9.26. The van der Waals surface area contributed by atoms with Crippen molar-refractivity contribution in [2.24, 2.45) is 0 Å². The van der Waals surface area contributed by atoms with Crippen molar-refractivity contribution in [2.75, 3.05) is 36.8 Å². The second kappa shape index (κ2) is 12.3. The van der Waals surface area contributed by atoms with Gasteiger partial charge in [-0.25, -0.2) is 4.79 Å². The maximum absolute atomic E-state index is 14.4. The fourth-order valence-corrected chi connectivity index (χ4v) is 7.27. The van der Waals surface area contributed by atoms with E-state index in [0.717, 1.165) is 17.4 Å². The number of hydrogen-bond donors (Lipinski definition) is 0. The molecule has 1 fully saturated rings. The number of piperazine rings is 1. The number of thioether (sulfide) groups is 1. The largest absolute Gasteiger partial charge is 0.417 e. The van der Waals surface area contributed by atoms with Gasteiger partial charge in [-0.2, -0.15) is 18.2 Å². The molecule has 7 nitrogen and oxygen atoms in total. The number of halogens is 4. The molecular weight excluding hydrogens is 595 g/mol. The summed E-state index contributed by atoms with van der Waals surface area (Å²) in [6, 6.07) is 8.37. The van der Waals surface area contributed by atoms with Crippen LogP contribution in [0.4, 0.5) is 19.0 Å². The molecule has 1 aromatic carbocycles. The van der Waals surface area contributed by atoms with Gasteiger partial charge < -0.3 is 9.80 Å². The van der Waals surface area contributed by atoms with E-state index < -0.39 is 17.4 Å². The van der Waals surface area contributed by atoms with Crippen LogP contribution >= 0.6 is 34.7 Å². The van der Waals surface area contributed by atoms with E-state index in [1.54, 1.807) is 27.6 Å². The molecule has 6 rings (SSSR count). The van der Waals surface area contributed by atoms with Crippen molar-refractivity contribution in [2.45, 2.75) is 24.0 Å². The zero-order chi connectivity index (χ0) is 29.1. The van der Waals surface area contributed by atoms with Crippen LogP contribution in [-0.2, 0) is 17.5 Å². The average Bonchev–Trinajstić information content (AvgIpc) is 3.28. The van der Waals surface area contributed by atoms with Gasteiger partial charge in [0.1, 0.15) is 5.82 Å². The third-order valence-corrected chi connectivity index (χ3v) is 9.20. The van der Waals surface area contributed by atoms with Crippen LogP contribution in [0.25, 0.3) is 21.3 Å². The normalized spacial score (nSPS) is 15.2. The van der Waals surface area contributed by atoms with Crippen molar-refractivity contribution in [3.05, 3.63) is 81.8 Å². The summed E-state index contributed by atoms with van der Waals surface area (Å²) in [5.74, 6) is 0.583. The topological polar surface area (TPSA) is 71.3 Å². The van der Waals surface area contributed by atoms with Crippen LogP contribution in [0.2, 0.25) is 5.02 Å². The number of benzene rings is 1. The van der Waals surface area contributed by atoms with Crippen LogP contribution in [0.1, 0.15) is 12.0 Å². The van der Waals surface area contributed by atoms with Crippen LogP contribution in [-0.4, -0.2) is 57.3 Å². The molecule has 5 heterocycles. The third-order valence-electron chi connectivity index (χ3n) is 6.72. The minimum absolute atomic E-state index is 0.0560. The lowest BCUT2D eigenvalue weighted by Crippen LogP contribution is -2.49. The Hall–Kier alpha value is -3.35. The minimum atomic E-state index is -4.63. The summed E-state index contributed by atoms with van der Waals surface area (Å²) in [5.41, 5.74) is -0.738. The number of pyridine rings is 1. The molecule has 0 spiro atoms. The molecule has 214 valence electrons. The molecule has 1 amide bonds. The van der Waals surface area contributed by atoms with Crippen molar-refractivity contribution in [3.63, 3.8) is 0 Å². The predicted molar refractivity (Wildman–Crippen MR) is 158 cm³/mol. The minimum Gasteiger partial charge on any atom is -0.352 e. The molecule has 1 saturated heterocycles. The number of thiophene rings is 1. The fourth-order valence-electron chi connectivity index (χ4n) is 4.87. The summed E-state index contributed by atoms with van der Waals surface area (Å²) in [6.07, 6.45) is 0.734. The predicted octanol–water partition coefficient (Wildman–Crippen LogP) is 6.21. The van der Waals surface area contributed by atoms with Crippen LogP contribution < -0.4 is 10.6 Å². The highest BCUT2D eigenvalue weighted by Crippen LogP contribution is 2.49. The van der Waals surface area contributed by atoms with Crippen LogP contribution in [0, 0.1) is 0 Å². The number of aromatic nitrogens is 3. The first-order valence-corrected chi connectivity index (χ1v) is 15.0. The number of rotatable bonds is 3. The van der Waals surface area contributed by atoms with Crippen molar-refractivity contribution in [1.29, 1.82) is 0 Å². The highest BCUT2D eigenvalue weighted by atomic mass is 35.5. The van der Waals surface area contributed by atoms with Crippen molar-refractivity contribution in [3.8, 4) is 10.4 Å². The van der Waals surface area contributed by atoms with Crippen LogP contribution in [0.3, 0.4) is 0 Å². The highest BCUT2D eigenvalue weighted by molar-refractivity contribution is 7.99. The quantitative estimate of drug-likeness (QED) is 0.254. The van der Waals surface area contributed by atoms with Gasteiger partial charge >= 0.3 is 11.9 Å². The number of anilines is 1. The van der Waals surface area contributed by atoms with Crippen molar-refractivity contribution in [1.82, 2.24) is 19.4 Å². The lowest BCUT2D eigenvalue weighted by atomic mass is 10.0. The molecule has 3 aromatic heterocycles. The van der Waals surface area contributed by atoms with Gasteiger partial charge in [-0.15, -0.1) is 23.1 Å². The zero-order valence-electron chi connectivity index (χ0n) is 21.7. The zero-order valence-corrected chi connectivity index (χ0v) is 24.1. The Morgan fingerprint density at radius 1 is 1.07 bits per heavy atom. The standard InChI is InChI=1S/C23H20ClF3N4O2S2.C5H5N/c1-2-17(32)29-5-7-30(8-6-29)21-14-11-15(23(25,26)27)18(16-10-13(24)12-35-16)20-19(14)31(22(33)28-21)4-3-9-34-20;1-2-4-6-5-3-1/h2,10-12H,1,3-9H2;1-5H. The Bertz CT molecular complexity index is 1610. The summed E-state index contributed by atoms with van der Waals surface area (Å²) < 4.78 is 44.8. The molecule has 0 bridgehead atoms. The number of carbonyl (C=O) groups excluding carboxylic acids is 1. The van der Waals surface area contributed by atoms with E-state index in [9.17, 15) is 22.8 Å². The SMILES string of the molecule is C=CC(=O)N1CCN(c2nc(=O)n3c4c(c(-c5cc(Cl)cs5)c(C(F)(F)F)cc24)SCCC3)CC1.c1ccncc1. The molecule has 0 saturated carbocycles. The van der Waals surface area contributed by atoms with Crippen LogP contribution in [0.5, 0.6) is 0 Å². The van der Waals surface area contributed by atoms with E-state index in [0.29, 0.717) is 65.2 Å². The molecule has 13 heteroatoms. The lowest BCUT2D eigenvalue weighted by Gasteiger charge is -2.35. The Labute approximate surface area is 247 Å². The molecule has 41 heavy (non-hydrogen) atoms. The van der Waals surface area contributed by atoms with Gasteiger partial charge in [0.25, 0.3) is 0 Å². The molecule has 0 radical (unpaired) electrons. The van der Waals surface area contributed by atoms with Gasteiger partial charge in [-0.3, -0.25) is 14.3 Å². The summed E-state index contributed by atoms with van der Waals surface area (Å²) in [4.78, 5) is 37.3. The molecule has 0 unspecified atom stereocenters. The lowest BCUT2D eigenvalue weighted by molar-refractivity contribution is -0.137. The number of carbonyl (C=O) groups is 1. The van der Waals surface area contributed by atoms with Crippen molar-refractivity contribution < 1.29 is 18.0 Å². The monoisotopic (exact) mass is 619 g/mol. The maximum atomic E-state index is 14.4. The third kappa shape index (κ3) is 6.14. The first-order chi connectivity index (χ1) is 19.7. The van der Waals surface area contributed by atoms with E-state index in [4.69, 9.17) is 11.6 Å². The van der Waals surface area contributed by atoms with Gasteiger partial charge in [-0.05, 0) is 42.5 Å². The number of nitrogens with zero attached hydrogens (tertiary/aromatic N) is 5. The van der Waals surface area contributed by atoms with Gasteiger partial charge in [0.05, 0.1) is 16.1 Å². The Morgan fingerprint density at radius 2 is 1.80 bits per heavy atom. The summed E-state index contributed by atoms with van der Waals surface area (Å²) >= 11 is 8.55. The Kier molecular flexibility index (Phi) is 8.71. The molecule has 0 N–H and O–H groups in total. The number of aryl methyl sites for hydroxylation is 1. The average molecular weight is 620 g/mol. The molecule has 0 aliphatic carbocycles. The molecule has 0 atom stereocenters. The highest BCUT2D eigenvalue weighted by Gasteiger charge is 2.38. The van der Waals surface area contributed by atoms with E-state index in [2.05, 4.69) is 16.5 Å². The van der Waals surface area contributed by atoms with E-state index >= 15 is 0 Å². The number of amides is 1. The van der Waals surface area contributed by atoms with Crippen LogP contribution in [0.15, 0.2) is 70.5 Å². The maximum Gasteiger partial charge on any atom is 0.417 e. The second-order valence-corrected chi connectivity index (χ2v) is 11.7. The number of hydrogen-bond acceptors (Lipinski definition) is 7. The van der Waals surface area contributed by atoms with E-state index in [1.165, 1.54) is 28.5 Å². The van der Waals surface area contributed by atoms with Gasteiger partial charge in [0.2, 0.25) is 5.91 Å². The summed E-state index contributed by atoms with van der Waals surface area (Å²) in [7, 11) is 0. The summed E-state index contributed by atoms with van der Waals surface area (Å²) in [5, 5.41) is 2.25. The molecule has 2 aliphatic heterocycles. The Balaban J connectivity index is 0.000000500. The first kappa shape index (κ1) is 29.2. The van der Waals surface area contributed by atoms with E-state index in [1.807, 2.05) is 18.2 Å². The van der Waals surface area contributed by atoms with Crippen molar-refractivity contribution >= 4 is 57.3 Å².